The van der Waals surface area contributed by atoms with Gasteiger partial charge in [0.15, 0.2) is 0 Å². The summed E-state index contributed by atoms with van der Waals surface area (Å²) in [6, 6.07) is 13.8. The molecule has 2 rings (SSSR count). The topological polar surface area (TPSA) is 52.7 Å². The van der Waals surface area contributed by atoms with Crippen LogP contribution in [0.25, 0.3) is 0 Å². The summed E-state index contributed by atoms with van der Waals surface area (Å²) in [5.74, 6) is -0.294. The molecule has 0 saturated carbocycles. The third-order valence-corrected chi connectivity index (χ3v) is 5.13. The van der Waals surface area contributed by atoms with Gasteiger partial charge in [-0.2, -0.15) is 0 Å². The minimum Gasteiger partial charge on any atom is -0.335 e. The summed E-state index contributed by atoms with van der Waals surface area (Å²) in [4.78, 5) is 28.2. The van der Waals surface area contributed by atoms with Crippen LogP contribution in [-0.2, 0) is 16.1 Å². The van der Waals surface area contributed by atoms with E-state index in [1.54, 1.807) is 7.05 Å². The maximum Gasteiger partial charge on any atom is 0.243 e. The number of aryl methyl sites for hydroxylation is 2. The van der Waals surface area contributed by atoms with E-state index in [1.165, 1.54) is 4.90 Å². The minimum atomic E-state index is -0.197. The van der Waals surface area contributed by atoms with Gasteiger partial charge >= 0.3 is 0 Å². The van der Waals surface area contributed by atoms with Crippen LogP contribution >= 0.6 is 15.9 Å². The molecule has 6 heteroatoms. The molecule has 0 unspecified atom stereocenters. The van der Waals surface area contributed by atoms with Crippen molar-refractivity contribution in [1.29, 1.82) is 0 Å². The van der Waals surface area contributed by atoms with E-state index in [2.05, 4.69) is 21.2 Å². The zero-order chi connectivity index (χ0) is 20.0. The van der Waals surface area contributed by atoms with Gasteiger partial charge in [0.05, 0.1) is 13.1 Å². The SMILES string of the molecule is Cc1cccc(C)c1NC(=O)CN(C)C(=O)CN(C)Cc1ccccc1Br. The summed E-state index contributed by atoms with van der Waals surface area (Å²) in [6.07, 6.45) is 0. The van der Waals surface area contributed by atoms with Crippen molar-refractivity contribution in [3.05, 3.63) is 63.6 Å². The van der Waals surface area contributed by atoms with Crippen molar-refractivity contribution >= 4 is 33.4 Å². The number of nitrogens with zero attached hydrogens (tertiary/aromatic N) is 2. The summed E-state index contributed by atoms with van der Waals surface area (Å²) in [7, 11) is 3.54. The van der Waals surface area contributed by atoms with Gasteiger partial charge in [-0.1, -0.05) is 52.3 Å². The van der Waals surface area contributed by atoms with Crippen molar-refractivity contribution in [3.8, 4) is 0 Å². The number of carbonyl (C=O) groups is 2. The van der Waals surface area contributed by atoms with Gasteiger partial charge in [0.1, 0.15) is 0 Å². The van der Waals surface area contributed by atoms with E-state index in [4.69, 9.17) is 0 Å². The summed E-state index contributed by atoms with van der Waals surface area (Å²) in [5.41, 5.74) is 3.94. The van der Waals surface area contributed by atoms with Gasteiger partial charge in [-0.05, 0) is 43.7 Å². The zero-order valence-corrected chi connectivity index (χ0v) is 17.8. The molecule has 2 aromatic carbocycles. The number of nitrogens with one attached hydrogen (secondary N) is 1. The number of amides is 2. The lowest BCUT2D eigenvalue weighted by atomic mass is 10.1. The molecule has 0 aliphatic carbocycles. The Morgan fingerprint density at radius 3 is 2.22 bits per heavy atom. The molecule has 5 nitrogen and oxygen atoms in total. The normalized spacial score (nSPS) is 10.7. The molecule has 27 heavy (non-hydrogen) atoms. The van der Waals surface area contributed by atoms with Crippen molar-refractivity contribution in [2.24, 2.45) is 0 Å². The third-order valence-electron chi connectivity index (χ3n) is 4.36. The number of carbonyl (C=O) groups excluding carboxylic acids is 2. The number of para-hydroxylation sites is 1. The van der Waals surface area contributed by atoms with Crippen LogP contribution in [0.3, 0.4) is 0 Å². The highest BCUT2D eigenvalue weighted by Gasteiger charge is 2.16. The first-order valence-electron chi connectivity index (χ1n) is 8.80. The van der Waals surface area contributed by atoms with Crippen LogP contribution in [-0.4, -0.2) is 48.8 Å². The van der Waals surface area contributed by atoms with Crippen molar-refractivity contribution in [3.63, 3.8) is 0 Å². The molecule has 0 spiro atoms. The molecular formula is C21H26BrN3O2. The summed E-state index contributed by atoms with van der Waals surface area (Å²) < 4.78 is 1.02. The van der Waals surface area contributed by atoms with Crippen molar-refractivity contribution < 1.29 is 9.59 Å². The van der Waals surface area contributed by atoms with Gasteiger partial charge in [-0.3, -0.25) is 14.5 Å². The smallest absolute Gasteiger partial charge is 0.243 e. The summed E-state index contributed by atoms with van der Waals surface area (Å²) in [6.45, 7) is 4.82. The van der Waals surface area contributed by atoms with E-state index < -0.39 is 0 Å². The van der Waals surface area contributed by atoms with E-state index in [-0.39, 0.29) is 24.9 Å². The zero-order valence-electron chi connectivity index (χ0n) is 16.3. The Balaban J connectivity index is 1.87. The van der Waals surface area contributed by atoms with E-state index >= 15 is 0 Å². The Kier molecular flexibility index (Phi) is 7.56. The Morgan fingerprint density at radius 2 is 1.59 bits per heavy atom. The molecule has 0 fully saturated rings. The second-order valence-corrected chi connectivity index (χ2v) is 7.68. The van der Waals surface area contributed by atoms with Crippen LogP contribution in [0.5, 0.6) is 0 Å². The molecule has 1 N–H and O–H groups in total. The van der Waals surface area contributed by atoms with Crippen LogP contribution in [0.2, 0.25) is 0 Å². The highest BCUT2D eigenvalue weighted by molar-refractivity contribution is 9.10. The van der Waals surface area contributed by atoms with Crippen LogP contribution in [0, 0.1) is 13.8 Å². The number of rotatable bonds is 7. The summed E-state index contributed by atoms with van der Waals surface area (Å²) in [5, 5.41) is 2.91. The van der Waals surface area contributed by atoms with E-state index in [1.807, 2.05) is 68.3 Å². The third kappa shape index (κ3) is 6.19. The molecule has 0 bridgehead atoms. The van der Waals surface area contributed by atoms with E-state index in [0.717, 1.165) is 26.9 Å². The fourth-order valence-electron chi connectivity index (χ4n) is 2.82. The minimum absolute atomic E-state index is 0.0233. The summed E-state index contributed by atoms with van der Waals surface area (Å²) >= 11 is 3.52. The fourth-order valence-corrected chi connectivity index (χ4v) is 3.23. The molecule has 2 amide bonds. The predicted octanol–water partition coefficient (Wildman–Crippen LogP) is 3.59. The fraction of sp³-hybridized carbons (Fsp3) is 0.333. The number of likely N-dealkylation sites (N-methyl/N-ethyl adjacent to an activating group) is 2. The highest BCUT2D eigenvalue weighted by Crippen LogP contribution is 2.19. The molecule has 0 saturated heterocycles. The average Bonchev–Trinajstić information content (AvgIpc) is 2.60. The Hall–Kier alpha value is -2.18. The lowest BCUT2D eigenvalue weighted by molar-refractivity contribution is -0.134. The first-order valence-corrected chi connectivity index (χ1v) is 9.59. The maximum atomic E-state index is 12.4. The molecule has 0 radical (unpaired) electrons. The van der Waals surface area contributed by atoms with Gasteiger partial charge in [0, 0.05) is 23.8 Å². The second-order valence-electron chi connectivity index (χ2n) is 6.83. The van der Waals surface area contributed by atoms with Crippen molar-refractivity contribution in [2.75, 3.05) is 32.5 Å². The first-order chi connectivity index (χ1) is 12.8. The van der Waals surface area contributed by atoms with Crippen LogP contribution < -0.4 is 5.32 Å². The Bertz CT molecular complexity index is 803. The molecule has 0 aliphatic heterocycles. The second kappa shape index (κ2) is 9.67. The number of anilines is 1. The van der Waals surface area contributed by atoms with E-state index in [9.17, 15) is 9.59 Å². The molecule has 0 atom stereocenters. The predicted molar refractivity (Wildman–Crippen MR) is 113 cm³/mol. The highest BCUT2D eigenvalue weighted by atomic mass is 79.9. The molecule has 0 aliphatic rings. The van der Waals surface area contributed by atoms with Gasteiger partial charge < -0.3 is 10.2 Å². The number of hydrogen-bond acceptors (Lipinski definition) is 3. The standard InChI is InChI=1S/C21H26BrN3O2/c1-15-8-7-9-16(2)21(15)23-19(26)13-25(4)20(27)14-24(3)12-17-10-5-6-11-18(17)22/h5-11H,12-14H2,1-4H3,(H,23,26). The van der Waals surface area contributed by atoms with Crippen molar-refractivity contribution in [1.82, 2.24) is 9.80 Å². The number of halogens is 1. The van der Waals surface area contributed by atoms with Crippen LogP contribution in [0.1, 0.15) is 16.7 Å². The average molecular weight is 432 g/mol. The van der Waals surface area contributed by atoms with Crippen molar-refractivity contribution in [2.45, 2.75) is 20.4 Å². The van der Waals surface area contributed by atoms with Gasteiger partial charge in [-0.15, -0.1) is 0 Å². The molecule has 2 aromatic rings. The van der Waals surface area contributed by atoms with Gasteiger partial charge in [0.25, 0.3) is 0 Å². The van der Waals surface area contributed by atoms with Crippen LogP contribution in [0.4, 0.5) is 5.69 Å². The Morgan fingerprint density at radius 1 is 0.963 bits per heavy atom. The Labute approximate surface area is 169 Å². The quantitative estimate of drug-likeness (QED) is 0.728. The molecule has 0 aromatic heterocycles. The number of hydrogen-bond donors (Lipinski definition) is 1. The maximum absolute atomic E-state index is 12.4. The molecule has 144 valence electrons. The van der Waals surface area contributed by atoms with Gasteiger partial charge in [0.2, 0.25) is 11.8 Å². The monoisotopic (exact) mass is 431 g/mol. The molecule has 0 heterocycles. The molecular weight excluding hydrogens is 406 g/mol. The lowest BCUT2D eigenvalue weighted by Gasteiger charge is -2.22. The largest absolute Gasteiger partial charge is 0.335 e. The van der Waals surface area contributed by atoms with Crippen LogP contribution in [0.15, 0.2) is 46.9 Å². The van der Waals surface area contributed by atoms with Gasteiger partial charge in [-0.25, -0.2) is 0 Å². The first kappa shape index (κ1) is 21.1. The lowest BCUT2D eigenvalue weighted by Crippen LogP contribution is -2.40. The van der Waals surface area contributed by atoms with E-state index in [0.29, 0.717) is 6.54 Å². The number of benzene rings is 2.